The normalized spacial score (nSPS) is 11.4. The first-order valence-electron chi connectivity index (χ1n) is 9.90. The van der Waals surface area contributed by atoms with E-state index in [4.69, 9.17) is 9.72 Å². The van der Waals surface area contributed by atoms with Gasteiger partial charge in [-0.05, 0) is 75.4 Å². The summed E-state index contributed by atoms with van der Waals surface area (Å²) in [5, 5.41) is 1.24. The number of aromatic nitrogens is 2. The number of hydrogen-bond donors (Lipinski definition) is 0. The summed E-state index contributed by atoms with van der Waals surface area (Å²) in [4.78, 5) is 32.8. The lowest BCUT2D eigenvalue weighted by Crippen LogP contribution is -2.25. The maximum atomic E-state index is 13.2. The van der Waals surface area contributed by atoms with Gasteiger partial charge in [-0.15, -0.1) is 11.3 Å². The maximum Gasteiger partial charge on any atom is 0.263 e. The van der Waals surface area contributed by atoms with E-state index in [2.05, 4.69) is 13.8 Å². The molecular formula is C23H28N2O3S2. The first-order valence-corrected chi connectivity index (χ1v) is 11.7. The van der Waals surface area contributed by atoms with Crippen LogP contribution in [0.25, 0.3) is 10.2 Å². The number of nitrogens with zero attached hydrogens (tertiary/aromatic N) is 2. The zero-order valence-corrected chi connectivity index (χ0v) is 20.3. The van der Waals surface area contributed by atoms with E-state index in [1.54, 1.807) is 11.7 Å². The molecule has 2 aromatic heterocycles. The molecule has 3 aromatic rings. The quantitative estimate of drug-likeness (QED) is 0.294. The Balaban J connectivity index is 1.97. The average molecular weight is 445 g/mol. The van der Waals surface area contributed by atoms with Crippen molar-refractivity contribution >= 4 is 39.1 Å². The molecule has 2 heterocycles. The number of carbonyl (C=O) groups excluding carboxylic acids is 1. The van der Waals surface area contributed by atoms with Gasteiger partial charge in [0.15, 0.2) is 10.9 Å². The second-order valence-corrected chi connectivity index (χ2v) is 9.78. The van der Waals surface area contributed by atoms with E-state index in [9.17, 15) is 9.59 Å². The minimum absolute atomic E-state index is 0.0508. The van der Waals surface area contributed by atoms with Gasteiger partial charge in [0, 0.05) is 17.6 Å². The molecule has 1 aromatic carbocycles. The zero-order chi connectivity index (χ0) is 22.2. The number of thioether (sulfide) groups is 1. The van der Waals surface area contributed by atoms with Gasteiger partial charge in [-0.3, -0.25) is 14.2 Å². The third-order valence-electron chi connectivity index (χ3n) is 5.89. The van der Waals surface area contributed by atoms with Crippen molar-refractivity contribution in [3.63, 3.8) is 0 Å². The smallest absolute Gasteiger partial charge is 0.263 e. The summed E-state index contributed by atoms with van der Waals surface area (Å²) in [6, 6.07) is 1.97. The minimum atomic E-state index is -0.0629. The van der Waals surface area contributed by atoms with Gasteiger partial charge in [0.25, 0.3) is 5.56 Å². The largest absolute Gasteiger partial charge is 0.383 e. The van der Waals surface area contributed by atoms with Crippen LogP contribution in [0.4, 0.5) is 0 Å². The topological polar surface area (TPSA) is 61.2 Å². The third-order valence-corrected chi connectivity index (χ3v) is 7.96. The molecule has 160 valence electrons. The number of Topliss-reactive ketones (excluding diaryl/α,β-unsaturated/α-hetero) is 1. The molecule has 3 rings (SSSR count). The number of benzene rings is 1. The highest BCUT2D eigenvalue weighted by Gasteiger charge is 2.19. The maximum absolute atomic E-state index is 13.2. The third kappa shape index (κ3) is 4.11. The number of carbonyl (C=O) groups is 1. The Bertz CT molecular complexity index is 1190. The van der Waals surface area contributed by atoms with Crippen molar-refractivity contribution in [2.45, 2.75) is 53.2 Å². The van der Waals surface area contributed by atoms with Crippen LogP contribution in [0.5, 0.6) is 0 Å². The average Bonchev–Trinajstić information content (AvgIpc) is 3.00. The number of rotatable bonds is 7. The van der Waals surface area contributed by atoms with Crippen LogP contribution >= 0.6 is 23.1 Å². The number of fused-ring (bicyclic) bond motifs is 1. The van der Waals surface area contributed by atoms with Crippen LogP contribution in [0.3, 0.4) is 0 Å². The summed E-state index contributed by atoms with van der Waals surface area (Å²) in [6.07, 6.45) is 0. The van der Waals surface area contributed by atoms with Crippen molar-refractivity contribution in [2.24, 2.45) is 0 Å². The predicted octanol–water partition coefficient (Wildman–Crippen LogP) is 4.93. The Morgan fingerprint density at radius 2 is 1.80 bits per heavy atom. The van der Waals surface area contributed by atoms with Crippen LogP contribution in [-0.2, 0) is 11.3 Å². The van der Waals surface area contributed by atoms with Crippen LogP contribution in [0.1, 0.15) is 43.1 Å². The van der Waals surface area contributed by atoms with Crippen molar-refractivity contribution in [3.8, 4) is 0 Å². The lowest BCUT2D eigenvalue weighted by atomic mass is 9.93. The zero-order valence-electron chi connectivity index (χ0n) is 18.6. The van der Waals surface area contributed by atoms with Crippen LogP contribution in [0, 0.1) is 41.5 Å². The molecule has 0 aliphatic carbocycles. The molecule has 0 bridgehead atoms. The first kappa shape index (κ1) is 22.7. The Hall–Kier alpha value is -1.96. The molecule has 0 fully saturated rings. The molecule has 0 amide bonds. The molecular weight excluding hydrogens is 416 g/mol. The van der Waals surface area contributed by atoms with Crippen LogP contribution in [0.2, 0.25) is 0 Å². The molecule has 0 spiro atoms. The van der Waals surface area contributed by atoms with Gasteiger partial charge in [-0.25, -0.2) is 4.98 Å². The molecule has 0 aliphatic heterocycles. The van der Waals surface area contributed by atoms with E-state index in [0.29, 0.717) is 23.7 Å². The van der Waals surface area contributed by atoms with Crippen molar-refractivity contribution in [2.75, 3.05) is 19.5 Å². The Kier molecular flexibility index (Phi) is 6.84. The van der Waals surface area contributed by atoms with Gasteiger partial charge in [-0.2, -0.15) is 0 Å². The first-order chi connectivity index (χ1) is 14.2. The molecule has 0 radical (unpaired) electrons. The molecule has 0 unspecified atom stereocenters. The highest BCUT2D eigenvalue weighted by molar-refractivity contribution is 7.99. The van der Waals surface area contributed by atoms with Gasteiger partial charge >= 0.3 is 0 Å². The summed E-state index contributed by atoms with van der Waals surface area (Å²) in [5.74, 6) is 0.284. The molecule has 0 aliphatic rings. The SMILES string of the molecule is COCCn1c(SCC(=O)c2cc(C)c(C)c(C)c2C)nc2sc(C)c(C)c2c1=O. The van der Waals surface area contributed by atoms with Crippen LogP contribution < -0.4 is 5.56 Å². The lowest BCUT2D eigenvalue weighted by Gasteiger charge is -2.14. The molecule has 0 atom stereocenters. The molecule has 7 heteroatoms. The number of ether oxygens (including phenoxy) is 1. The number of ketones is 1. The van der Waals surface area contributed by atoms with Gasteiger partial charge in [0.1, 0.15) is 4.83 Å². The summed E-state index contributed by atoms with van der Waals surface area (Å²) >= 11 is 2.85. The van der Waals surface area contributed by atoms with Gasteiger partial charge in [0.2, 0.25) is 0 Å². The van der Waals surface area contributed by atoms with E-state index in [1.165, 1.54) is 28.7 Å². The molecule has 0 saturated carbocycles. The summed E-state index contributed by atoms with van der Waals surface area (Å²) in [5.41, 5.74) is 6.18. The number of methoxy groups -OCH3 is 1. The second kappa shape index (κ2) is 9.04. The summed E-state index contributed by atoms with van der Waals surface area (Å²) < 4.78 is 6.83. The Morgan fingerprint density at radius 1 is 1.10 bits per heavy atom. The predicted molar refractivity (Wildman–Crippen MR) is 126 cm³/mol. The van der Waals surface area contributed by atoms with Crippen LogP contribution in [0.15, 0.2) is 16.0 Å². The Labute approximate surface area is 185 Å². The van der Waals surface area contributed by atoms with E-state index < -0.39 is 0 Å². The Morgan fingerprint density at radius 3 is 2.47 bits per heavy atom. The van der Waals surface area contributed by atoms with E-state index in [-0.39, 0.29) is 17.1 Å². The highest BCUT2D eigenvalue weighted by atomic mass is 32.2. The lowest BCUT2D eigenvalue weighted by molar-refractivity contribution is 0.102. The van der Waals surface area contributed by atoms with Gasteiger partial charge in [0.05, 0.1) is 24.3 Å². The van der Waals surface area contributed by atoms with Gasteiger partial charge < -0.3 is 4.74 Å². The monoisotopic (exact) mass is 444 g/mol. The minimum Gasteiger partial charge on any atom is -0.383 e. The molecule has 30 heavy (non-hydrogen) atoms. The highest BCUT2D eigenvalue weighted by Crippen LogP contribution is 2.29. The number of aryl methyl sites for hydroxylation is 3. The summed E-state index contributed by atoms with van der Waals surface area (Å²) in [6.45, 7) is 12.9. The number of hydrogen-bond acceptors (Lipinski definition) is 6. The van der Waals surface area contributed by atoms with E-state index in [0.717, 1.165) is 37.5 Å². The summed E-state index contributed by atoms with van der Waals surface area (Å²) in [7, 11) is 1.61. The molecule has 0 saturated heterocycles. The van der Waals surface area contributed by atoms with Crippen molar-refractivity contribution in [1.82, 2.24) is 9.55 Å². The van der Waals surface area contributed by atoms with E-state index >= 15 is 0 Å². The standard InChI is InChI=1S/C23H28N2O3S2/c1-12-10-18(15(4)14(3)13(12)2)19(26)11-29-23-24-21-20(16(5)17(6)30-21)22(27)25(23)8-9-28-7/h10H,8-9,11H2,1-7H3. The fourth-order valence-electron chi connectivity index (χ4n) is 3.51. The second-order valence-electron chi connectivity index (χ2n) is 7.64. The van der Waals surface area contributed by atoms with Crippen molar-refractivity contribution in [1.29, 1.82) is 0 Å². The molecule has 5 nitrogen and oxygen atoms in total. The fourth-order valence-corrected chi connectivity index (χ4v) is 5.49. The number of thiophene rings is 1. The van der Waals surface area contributed by atoms with Crippen molar-refractivity contribution in [3.05, 3.63) is 54.7 Å². The van der Waals surface area contributed by atoms with Crippen molar-refractivity contribution < 1.29 is 9.53 Å². The molecule has 0 N–H and O–H groups in total. The van der Waals surface area contributed by atoms with Crippen LogP contribution in [-0.4, -0.2) is 34.8 Å². The fraction of sp³-hybridized carbons (Fsp3) is 0.435. The van der Waals surface area contributed by atoms with Gasteiger partial charge in [-0.1, -0.05) is 11.8 Å². The van der Waals surface area contributed by atoms with E-state index in [1.807, 2.05) is 33.8 Å².